The molecule has 0 radical (unpaired) electrons. The molecule has 1 aliphatic carbocycles. The van der Waals surface area contributed by atoms with E-state index < -0.39 is 23.2 Å². The minimum atomic E-state index is -4.52. The summed E-state index contributed by atoms with van der Waals surface area (Å²) in [6.07, 6.45) is -3.15. The highest BCUT2D eigenvalue weighted by molar-refractivity contribution is 6.03. The van der Waals surface area contributed by atoms with Crippen LogP contribution in [0.25, 0.3) is 22.2 Å². The third-order valence-electron chi connectivity index (χ3n) is 6.82. The first-order valence-electron chi connectivity index (χ1n) is 12.7. The SMILES string of the molecule is CC(C)NC(=O)C1(c2cc(-c3ccc(NC(=O)Nc4cccc(C(F)(F)F)c4)cc3)c3c(N)nn(C)c3n2)CC1. The molecule has 5 N–H and O–H groups in total. The van der Waals surface area contributed by atoms with Gasteiger partial charge >= 0.3 is 12.2 Å². The number of fused-ring (bicyclic) bond motifs is 1. The lowest BCUT2D eigenvalue weighted by molar-refractivity contribution is -0.137. The molecule has 2 aromatic heterocycles. The number of nitrogen functional groups attached to an aromatic ring is 1. The van der Waals surface area contributed by atoms with E-state index in [0.29, 0.717) is 41.1 Å². The number of amides is 3. The van der Waals surface area contributed by atoms with Crippen LogP contribution in [0.1, 0.15) is 37.9 Å². The van der Waals surface area contributed by atoms with Gasteiger partial charge in [-0.15, -0.1) is 0 Å². The maximum absolute atomic E-state index is 13.1. The number of nitrogens with zero attached hydrogens (tertiary/aromatic N) is 3. The molecule has 12 heteroatoms. The van der Waals surface area contributed by atoms with Crippen LogP contribution in [-0.2, 0) is 23.4 Å². The lowest BCUT2D eigenvalue weighted by Gasteiger charge is -2.18. The van der Waals surface area contributed by atoms with E-state index in [4.69, 9.17) is 10.7 Å². The molecule has 3 amide bonds. The molecule has 0 aliphatic heterocycles. The van der Waals surface area contributed by atoms with Crippen molar-refractivity contribution in [3.63, 3.8) is 0 Å². The summed E-state index contributed by atoms with van der Waals surface area (Å²) < 4.78 is 40.5. The maximum Gasteiger partial charge on any atom is 0.416 e. The first-order valence-corrected chi connectivity index (χ1v) is 12.7. The highest BCUT2D eigenvalue weighted by Gasteiger charge is 2.53. The van der Waals surface area contributed by atoms with Crippen LogP contribution < -0.4 is 21.7 Å². The van der Waals surface area contributed by atoms with E-state index in [1.807, 2.05) is 19.9 Å². The van der Waals surface area contributed by atoms with Crippen molar-refractivity contribution in [1.82, 2.24) is 20.1 Å². The number of urea groups is 1. The fourth-order valence-corrected chi connectivity index (χ4v) is 4.67. The molecule has 0 atom stereocenters. The molecule has 4 aromatic rings. The van der Waals surface area contributed by atoms with E-state index in [2.05, 4.69) is 21.0 Å². The summed E-state index contributed by atoms with van der Waals surface area (Å²) in [5.74, 6) is 0.229. The van der Waals surface area contributed by atoms with Gasteiger partial charge in [-0.25, -0.2) is 14.5 Å². The average molecular weight is 552 g/mol. The molecule has 40 heavy (non-hydrogen) atoms. The number of pyridine rings is 1. The van der Waals surface area contributed by atoms with E-state index in [1.165, 1.54) is 12.1 Å². The van der Waals surface area contributed by atoms with Crippen molar-refractivity contribution in [3.05, 3.63) is 65.9 Å². The van der Waals surface area contributed by atoms with Crippen molar-refractivity contribution in [3.8, 4) is 11.1 Å². The topological polar surface area (TPSA) is 127 Å². The normalized spacial score (nSPS) is 14.3. The number of carbonyl (C=O) groups is 2. The minimum Gasteiger partial charge on any atom is -0.382 e. The van der Waals surface area contributed by atoms with E-state index in [0.717, 1.165) is 23.3 Å². The summed E-state index contributed by atoms with van der Waals surface area (Å²) in [5.41, 5.74) is 7.80. The molecule has 0 spiro atoms. The van der Waals surface area contributed by atoms with Gasteiger partial charge in [-0.1, -0.05) is 18.2 Å². The van der Waals surface area contributed by atoms with Gasteiger partial charge in [-0.05, 0) is 74.2 Å². The summed E-state index contributed by atoms with van der Waals surface area (Å²) in [7, 11) is 1.74. The molecule has 0 saturated heterocycles. The van der Waals surface area contributed by atoms with Crippen LogP contribution in [0.4, 0.5) is 35.2 Å². The molecule has 0 bridgehead atoms. The monoisotopic (exact) mass is 551 g/mol. The molecule has 0 unspecified atom stereocenters. The second kappa shape index (κ2) is 9.85. The summed E-state index contributed by atoms with van der Waals surface area (Å²) in [5, 5.41) is 13.0. The number of hydrogen-bond acceptors (Lipinski definition) is 5. The third-order valence-corrected chi connectivity index (χ3v) is 6.82. The Labute approximate surface area is 228 Å². The zero-order valence-corrected chi connectivity index (χ0v) is 22.1. The molecular formula is C28H28F3N7O2. The Morgan fingerprint density at radius 2 is 1.70 bits per heavy atom. The van der Waals surface area contributed by atoms with Gasteiger partial charge in [0.25, 0.3) is 0 Å². The van der Waals surface area contributed by atoms with Crippen molar-refractivity contribution >= 4 is 40.2 Å². The fraction of sp³-hybridized carbons (Fsp3) is 0.286. The highest BCUT2D eigenvalue weighted by atomic mass is 19.4. The molecule has 1 aliphatic rings. The molecule has 2 heterocycles. The number of halogens is 3. The van der Waals surface area contributed by atoms with Gasteiger partial charge in [0, 0.05) is 24.5 Å². The Kier molecular flexibility index (Phi) is 6.64. The van der Waals surface area contributed by atoms with Gasteiger partial charge in [0.05, 0.1) is 22.1 Å². The van der Waals surface area contributed by atoms with Crippen molar-refractivity contribution in [2.45, 2.75) is 44.3 Å². The molecular weight excluding hydrogens is 523 g/mol. The maximum atomic E-state index is 13.1. The van der Waals surface area contributed by atoms with Crippen molar-refractivity contribution in [1.29, 1.82) is 0 Å². The summed E-state index contributed by atoms with van der Waals surface area (Å²) in [4.78, 5) is 30.3. The quantitative estimate of drug-likeness (QED) is 0.254. The Hall–Kier alpha value is -4.61. The van der Waals surface area contributed by atoms with Crippen LogP contribution in [0.3, 0.4) is 0 Å². The zero-order valence-electron chi connectivity index (χ0n) is 22.1. The summed E-state index contributed by atoms with van der Waals surface area (Å²) in [6, 6.07) is 12.4. The zero-order chi connectivity index (χ0) is 28.8. The fourth-order valence-electron chi connectivity index (χ4n) is 4.67. The number of benzene rings is 2. The smallest absolute Gasteiger partial charge is 0.382 e. The summed E-state index contributed by atoms with van der Waals surface area (Å²) >= 11 is 0. The highest BCUT2D eigenvalue weighted by Crippen LogP contribution is 2.49. The van der Waals surface area contributed by atoms with Gasteiger partial charge in [0.15, 0.2) is 11.5 Å². The average Bonchev–Trinajstić information content (AvgIpc) is 3.65. The number of nitrogens with one attached hydrogen (secondary N) is 3. The second-order valence-corrected chi connectivity index (χ2v) is 10.2. The second-order valence-electron chi connectivity index (χ2n) is 10.2. The Bertz CT molecular complexity index is 1610. The van der Waals surface area contributed by atoms with E-state index in [9.17, 15) is 22.8 Å². The number of carbonyl (C=O) groups excluding carboxylic acids is 2. The lowest BCUT2D eigenvalue weighted by Crippen LogP contribution is -2.39. The predicted octanol–water partition coefficient (Wildman–Crippen LogP) is 5.44. The van der Waals surface area contributed by atoms with Crippen LogP contribution in [0.2, 0.25) is 0 Å². The number of hydrogen-bond donors (Lipinski definition) is 4. The van der Waals surface area contributed by atoms with Gasteiger partial charge in [-0.2, -0.15) is 18.3 Å². The van der Waals surface area contributed by atoms with E-state index in [-0.39, 0.29) is 17.6 Å². The molecule has 1 saturated carbocycles. The lowest BCUT2D eigenvalue weighted by atomic mass is 9.94. The molecule has 2 aromatic carbocycles. The number of aryl methyl sites for hydroxylation is 1. The van der Waals surface area contributed by atoms with Crippen LogP contribution in [0.5, 0.6) is 0 Å². The van der Waals surface area contributed by atoms with Gasteiger partial charge in [0.1, 0.15) is 0 Å². The first kappa shape index (κ1) is 27.0. The molecule has 5 rings (SSSR count). The minimum absolute atomic E-state index is 0.00801. The predicted molar refractivity (Wildman–Crippen MR) is 147 cm³/mol. The summed E-state index contributed by atoms with van der Waals surface area (Å²) in [6.45, 7) is 3.82. The van der Waals surface area contributed by atoms with Crippen LogP contribution in [0.15, 0.2) is 54.6 Å². The Balaban J connectivity index is 1.41. The molecule has 1 fully saturated rings. The van der Waals surface area contributed by atoms with Crippen molar-refractivity contribution < 1.29 is 22.8 Å². The van der Waals surface area contributed by atoms with Gasteiger partial charge in [-0.3, -0.25) is 4.79 Å². The third kappa shape index (κ3) is 5.16. The first-order chi connectivity index (χ1) is 18.9. The standard InChI is InChI=1S/C28H28F3N7O2/c1-15(2)33-25(39)27(11-12-27)21-14-20(22-23(32)37-38(3)24(22)36-21)16-7-9-18(10-8-16)34-26(40)35-19-6-4-5-17(13-19)28(29,30)31/h4-10,13-15H,11-12H2,1-3H3,(H2,32,37)(H,33,39)(H2,34,35,40). The molecule has 9 nitrogen and oxygen atoms in total. The number of rotatable bonds is 6. The number of alkyl halides is 3. The van der Waals surface area contributed by atoms with E-state index >= 15 is 0 Å². The van der Waals surface area contributed by atoms with E-state index in [1.54, 1.807) is 36.0 Å². The van der Waals surface area contributed by atoms with Crippen molar-refractivity contribution in [2.24, 2.45) is 7.05 Å². The Morgan fingerprint density at radius 1 is 1.02 bits per heavy atom. The number of aromatic nitrogens is 3. The van der Waals surface area contributed by atoms with Crippen LogP contribution >= 0.6 is 0 Å². The molecule has 208 valence electrons. The van der Waals surface area contributed by atoms with Crippen LogP contribution in [-0.4, -0.2) is 32.7 Å². The largest absolute Gasteiger partial charge is 0.416 e. The van der Waals surface area contributed by atoms with Crippen molar-refractivity contribution in [2.75, 3.05) is 16.4 Å². The van der Waals surface area contributed by atoms with Gasteiger partial charge in [0.2, 0.25) is 5.91 Å². The number of nitrogens with two attached hydrogens (primary N) is 1. The number of anilines is 3. The van der Waals surface area contributed by atoms with Crippen LogP contribution in [0, 0.1) is 0 Å². The van der Waals surface area contributed by atoms with Gasteiger partial charge < -0.3 is 21.7 Å². The Morgan fingerprint density at radius 3 is 2.33 bits per heavy atom.